The largest absolute Gasteiger partial charge is 0.455 e. The lowest BCUT2D eigenvalue weighted by Gasteiger charge is -2.06. The fraction of sp³-hybridized carbons (Fsp3) is 0.385. The summed E-state index contributed by atoms with van der Waals surface area (Å²) >= 11 is 1.47. The minimum Gasteiger partial charge on any atom is -0.455 e. The molecule has 0 aliphatic heterocycles. The zero-order valence-corrected chi connectivity index (χ0v) is 12.9. The molecule has 0 bridgehead atoms. The Morgan fingerprint density at radius 3 is 2.76 bits per heavy atom. The highest BCUT2D eigenvalue weighted by Crippen LogP contribution is 2.09. The van der Waals surface area contributed by atoms with Crippen molar-refractivity contribution in [3.05, 3.63) is 27.8 Å². The van der Waals surface area contributed by atoms with Crippen LogP contribution in [-0.2, 0) is 27.8 Å². The third-order valence-corrected chi connectivity index (χ3v) is 3.45. The summed E-state index contributed by atoms with van der Waals surface area (Å²) in [5, 5.41) is 9.42. The number of hydrogen-bond acceptors (Lipinski definition) is 6. The lowest BCUT2D eigenvalue weighted by Crippen LogP contribution is -2.22. The molecule has 0 aliphatic rings. The minimum absolute atomic E-state index is 0.0719. The van der Waals surface area contributed by atoms with Crippen LogP contribution in [0.2, 0.25) is 0 Å². The number of carbonyl (C=O) groups is 2. The zero-order chi connectivity index (χ0) is 15.4. The summed E-state index contributed by atoms with van der Waals surface area (Å²) < 4.78 is 6.47. The van der Waals surface area contributed by atoms with E-state index in [4.69, 9.17) is 4.74 Å². The summed E-state index contributed by atoms with van der Waals surface area (Å²) in [6.45, 7) is 3.36. The Labute approximate surface area is 125 Å². The molecule has 2 heterocycles. The first kappa shape index (κ1) is 15.2. The summed E-state index contributed by atoms with van der Waals surface area (Å²) in [6.07, 6.45) is 0.0719. The van der Waals surface area contributed by atoms with Gasteiger partial charge in [-0.15, -0.1) is 11.3 Å². The van der Waals surface area contributed by atoms with Gasteiger partial charge in [-0.1, -0.05) is 0 Å². The molecule has 0 aromatic carbocycles. The molecule has 0 radical (unpaired) electrons. The number of ether oxygens (including phenoxy) is 1. The predicted molar refractivity (Wildman–Crippen MR) is 78.1 cm³/mol. The van der Waals surface area contributed by atoms with E-state index in [2.05, 4.69) is 15.4 Å². The van der Waals surface area contributed by atoms with E-state index in [1.165, 1.54) is 11.3 Å². The summed E-state index contributed by atoms with van der Waals surface area (Å²) in [7, 11) is 1.72. The zero-order valence-electron chi connectivity index (χ0n) is 12.0. The number of carbonyl (C=O) groups excluding carboxylic acids is 2. The Morgan fingerprint density at radius 1 is 1.43 bits per heavy atom. The first-order valence-corrected chi connectivity index (χ1v) is 7.19. The fourth-order valence-electron chi connectivity index (χ4n) is 1.74. The van der Waals surface area contributed by atoms with Crippen LogP contribution in [0.4, 0.5) is 5.82 Å². The van der Waals surface area contributed by atoms with Crippen molar-refractivity contribution in [3.63, 3.8) is 0 Å². The van der Waals surface area contributed by atoms with Crippen LogP contribution in [0.1, 0.15) is 16.4 Å². The summed E-state index contributed by atoms with van der Waals surface area (Å²) in [5.41, 5.74) is 1.45. The second-order valence-corrected chi connectivity index (χ2v) is 5.60. The van der Waals surface area contributed by atoms with Crippen molar-refractivity contribution in [2.75, 3.05) is 11.9 Å². The third-order valence-electron chi connectivity index (χ3n) is 2.63. The van der Waals surface area contributed by atoms with Crippen molar-refractivity contribution < 1.29 is 14.3 Å². The first-order chi connectivity index (χ1) is 9.94. The van der Waals surface area contributed by atoms with Crippen molar-refractivity contribution in [1.82, 2.24) is 14.8 Å². The number of nitrogens with zero attached hydrogens (tertiary/aromatic N) is 3. The number of thiazole rings is 1. The predicted octanol–water partition coefficient (Wildman–Crippen LogP) is 1.22. The van der Waals surface area contributed by atoms with E-state index in [1.54, 1.807) is 23.2 Å². The number of hydrogen-bond donors (Lipinski definition) is 1. The van der Waals surface area contributed by atoms with Gasteiger partial charge in [-0.05, 0) is 13.8 Å². The van der Waals surface area contributed by atoms with Gasteiger partial charge in [0.05, 0.1) is 22.8 Å². The van der Waals surface area contributed by atoms with E-state index in [0.29, 0.717) is 11.5 Å². The second kappa shape index (κ2) is 6.49. The molecule has 2 aromatic rings. The normalized spacial score (nSPS) is 10.4. The van der Waals surface area contributed by atoms with Crippen LogP contribution in [0, 0.1) is 13.8 Å². The molecule has 0 saturated heterocycles. The molecule has 0 unspecified atom stereocenters. The number of anilines is 1. The summed E-state index contributed by atoms with van der Waals surface area (Å²) in [6, 6.07) is 1.73. The second-order valence-electron chi connectivity index (χ2n) is 4.54. The Hall–Kier alpha value is -2.22. The first-order valence-electron chi connectivity index (χ1n) is 6.31. The van der Waals surface area contributed by atoms with Crippen LogP contribution >= 0.6 is 11.3 Å². The summed E-state index contributed by atoms with van der Waals surface area (Å²) in [5.74, 6) is -0.318. The van der Waals surface area contributed by atoms with Crippen LogP contribution in [0.15, 0.2) is 11.4 Å². The monoisotopic (exact) mass is 308 g/mol. The van der Waals surface area contributed by atoms with E-state index in [1.807, 2.05) is 13.8 Å². The summed E-state index contributed by atoms with van der Waals surface area (Å²) in [4.78, 5) is 27.5. The van der Waals surface area contributed by atoms with Gasteiger partial charge in [-0.2, -0.15) is 5.10 Å². The highest BCUT2D eigenvalue weighted by molar-refractivity contribution is 7.09. The van der Waals surface area contributed by atoms with E-state index in [9.17, 15) is 9.59 Å². The lowest BCUT2D eigenvalue weighted by atomic mass is 10.3. The number of rotatable bonds is 5. The molecule has 8 heteroatoms. The molecule has 0 spiro atoms. The van der Waals surface area contributed by atoms with E-state index < -0.39 is 11.9 Å². The van der Waals surface area contributed by atoms with E-state index >= 15 is 0 Å². The lowest BCUT2D eigenvalue weighted by molar-refractivity contribution is -0.146. The molecule has 2 aromatic heterocycles. The van der Waals surface area contributed by atoms with Gasteiger partial charge in [0.2, 0.25) is 0 Å². The quantitative estimate of drug-likeness (QED) is 0.839. The molecule has 0 saturated carbocycles. The topological polar surface area (TPSA) is 86.1 Å². The Kier molecular flexibility index (Phi) is 4.69. The van der Waals surface area contributed by atoms with Crippen LogP contribution < -0.4 is 5.32 Å². The maximum atomic E-state index is 11.7. The number of aromatic nitrogens is 3. The van der Waals surface area contributed by atoms with Crippen LogP contribution in [0.3, 0.4) is 0 Å². The molecule has 7 nitrogen and oxygen atoms in total. The van der Waals surface area contributed by atoms with Crippen LogP contribution in [-0.4, -0.2) is 33.2 Å². The molecule has 1 amide bonds. The van der Waals surface area contributed by atoms with Gasteiger partial charge in [0, 0.05) is 18.5 Å². The van der Waals surface area contributed by atoms with Gasteiger partial charge in [-0.3, -0.25) is 14.3 Å². The van der Waals surface area contributed by atoms with E-state index in [-0.39, 0.29) is 13.0 Å². The third kappa shape index (κ3) is 4.38. The minimum atomic E-state index is -0.475. The van der Waals surface area contributed by atoms with Crippen LogP contribution in [0.25, 0.3) is 0 Å². The standard InChI is InChI=1S/C13H16N4O3S/c1-8-4-11(17(3)16-8)15-12(18)6-20-13(19)5-10-7-21-9(2)14-10/h4,7H,5-6H2,1-3H3,(H,15,18). The molecular weight excluding hydrogens is 292 g/mol. The van der Waals surface area contributed by atoms with Crippen molar-refractivity contribution in [1.29, 1.82) is 0 Å². The smallest absolute Gasteiger partial charge is 0.312 e. The van der Waals surface area contributed by atoms with Gasteiger partial charge in [0.1, 0.15) is 5.82 Å². The average molecular weight is 308 g/mol. The Balaban J connectivity index is 1.78. The Morgan fingerprint density at radius 2 is 2.19 bits per heavy atom. The fourth-order valence-corrected chi connectivity index (χ4v) is 2.35. The van der Waals surface area contributed by atoms with Crippen molar-refractivity contribution in [2.24, 2.45) is 7.05 Å². The maximum absolute atomic E-state index is 11.7. The van der Waals surface area contributed by atoms with Gasteiger partial charge in [-0.25, -0.2) is 4.98 Å². The molecule has 2 rings (SSSR count). The van der Waals surface area contributed by atoms with Crippen molar-refractivity contribution >= 4 is 29.0 Å². The Bertz CT molecular complexity index is 662. The molecule has 0 atom stereocenters. The van der Waals surface area contributed by atoms with Gasteiger partial charge in [0.25, 0.3) is 5.91 Å². The molecular formula is C13H16N4O3S. The number of nitrogens with one attached hydrogen (secondary N) is 1. The number of amides is 1. The molecule has 1 N–H and O–H groups in total. The van der Waals surface area contributed by atoms with Gasteiger partial charge < -0.3 is 10.1 Å². The molecule has 0 aliphatic carbocycles. The van der Waals surface area contributed by atoms with Gasteiger partial charge >= 0.3 is 5.97 Å². The molecule has 112 valence electrons. The maximum Gasteiger partial charge on any atom is 0.312 e. The highest BCUT2D eigenvalue weighted by Gasteiger charge is 2.12. The number of esters is 1. The highest BCUT2D eigenvalue weighted by atomic mass is 32.1. The van der Waals surface area contributed by atoms with E-state index in [0.717, 1.165) is 10.7 Å². The van der Waals surface area contributed by atoms with Gasteiger partial charge in [0.15, 0.2) is 6.61 Å². The van der Waals surface area contributed by atoms with Crippen LogP contribution in [0.5, 0.6) is 0 Å². The van der Waals surface area contributed by atoms with Crippen molar-refractivity contribution in [3.8, 4) is 0 Å². The average Bonchev–Trinajstić information content (AvgIpc) is 2.93. The molecule has 21 heavy (non-hydrogen) atoms. The van der Waals surface area contributed by atoms with Crippen molar-refractivity contribution in [2.45, 2.75) is 20.3 Å². The SMILES string of the molecule is Cc1cc(NC(=O)COC(=O)Cc2csc(C)n2)n(C)n1. The molecule has 0 fully saturated rings. The number of aryl methyl sites for hydroxylation is 3.